The average molecular weight is 445 g/mol. The number of phenolic OH excluding ortho intramolecular Hbond substituents is 2. The monoisotopic (exact) mass is 444 g/mol. The highest BCUT2D eigenvalue weighted by atomic mass is 35.5. The van der Waals surface area contributed by atoms with Crippen LogP contribution in [-0.4, -0.2) is 27.3 Å². The van der Waals surface area contributed by atoms with Crippen molar-refractivity contribution in [3.63, 3.8) is 0 Å². The normalized spacial score (nSPS) is 18.3. The summed E-state index contributed by atoms with van der Waals surface area (Å²) in [5.41, 5.74) is -1.41. The average Bonchev–Trinajstić information content (AvgIpc) is 3.00. The quantitative estimate of drug-likeness (QED) is 0.467. The Morgan fingerprint density at radius 1 is 1.00 bits per heavy atom. The summed E-state index contributed by atoms with van der Waals surface area (Å²) in [5.74, 6) is -3.07. The Hall–Kier alpha value is -3.42. The molecule has 1 spiro atoms. The number of carboxylic acids is 1. The lowest BCUT2D eigenvalue weighted by Crippen LogP contribution is -2.35. The van der Waals surface area contributed by atoms with Gasteiger partial charge in [0.1, 0.15) is 22.3 Å². The Balaban J connectivity index is 2.01. The van der Waals surface area contributed by atoms with Gasteiger partial charge in [-0.25, -0.2) is 9.59 Å². The third-order valence-electron chi connectivity index (χ3n) is 5.20. The zero-order chi connectivity index (χ0) is 21.4. The molecule has 150 valence electrons. The van der Waals surface area contributed by atoms with Gasteiger partial charge in [-0.05, 0) is 18.2 Å². The number of hydrogen-bond acceptors (Lipinski definition) is 6. The number of aromatic hydroxyl groups is 2. The summed E-state index contributed by atoms with van der Waals surface area (Å²) in [4.78, 5) is 24.9. The van der Waals surface area contributed by atoms with Crippen LogP contribution in [0.2, 0.25) is 10.0 Å². The third-order valence-corrected chi connectivity index (χ3v) is 5.86. The lowest BCUT2D eigenvalue weighted by Gasteiger charge is -2.37. The maximum Gasteiger partial charge on any atom is 0.340 e. The van der Waals surface area contributed by atoms with Crippen LogP contribution in [0.4, 0.5) is 0 Å². The molecule has 0 amide bonds. The van der Waals surface area contributed by atoms with Crippen molar-refractivity contribution in [3.05, 3.63) is 80.3 Å². The van der Waals surface area contributed by atoms with E-state index in [0.29, 0.717) is 5.56 Å². The minimum absolute atomic E-state index is 0.0396. The standard InChI is InChI=1S/C21H10Cl2O7/c22-12-6-11-15(7-13(12)24)29-18-16(9(19(26)27)5-14(25)17(18)23)21(11)10-4-2-1-3-8(10)20(28)30-21/h1-7,24-25H,(H,26,27). The van der Waals surface area contributed by atoms with Crippen LogP contribution in [0.1, 0.15) is 37.4 Å². The predicted octanol–water partition coefficient (Wildman–Crippen LogP) is 4.67. The van der Waals surface area contributed by atoms with E-state index < -0.39 is 23.3 Å². The Labute approximate surface area is 178 Å². The fourth-order valence-electron chi connectivity index (χ4n) is 3.98. The molecular weight excluding hydrogens is 435 g/mol. The second kappa shape index (κ2) is 6.04. The van der Waals surface area contributed by atoms with Gasteiger partial charge in [0.25, 0.3) is 0 Å². The molecule has 5 rings (SSSR count). The summed E-state index contributed by atoms with van der Waals surface area (Å²) in [7, 11) is 0. The van der Waals surface area contributed by atoms with Gasteiger partial charge in [0, 0.05) is 17.2 Å². The van der Waals surface area contributed by atoms with Gasteiger partial charge in [-0.1, -0.05) is 41.4 Å². The maximum absolute atomic E-state index is 12.8. The first-order valence-electron chi connectivity index (χ1n) is 8.58. The van der Waals surface area contributed by atoms with E-state index in [0.717, 1.165) is 6.07 Å². The molecule has 0 radical (unpaired) electrons. The first kappa shape index (κ1) is 18.6. The molecule has 7 nitrogen and oxygen atoms in total. The van der Waals surface area contributed by atoms with Gasteiger partial charge in [-0.2, -0.15) is 0 Å². The lowest BCUT2D eigenvalue weighted by atomic mass is 9.75. The van der Waals surface area contributed by atoms with Crippen LogP contribution in [0.3, 0.4) is 0 Å². The van der Waals surface area contributed by atoms with Crippen molar-refractivity contribution in [1.29, 1.82) is 0 Å². The van der Waals surface area contributed by atoms with Crippen LogP contribution in [-0.2, 0) is 10.3 Å². The molecule has 2 aliphatic rings. The highest BCUT2D eigenvalue weighted by Crippen LogP contribution is 2.60. The molecular formula is C21H10Cl2O7. The van der Waals surface area contributed by atoms with Crippen LogP contribution in [0.5, 0.6) is 23.0 Å². The molecule has 0 saturated heterocycles. The van der Waals surface area contributed by atoms with E-state index in [1.54, 1.807) is 24.3 Å². The largest absolute Gasteiger partial charge is 0.506 e. The van der Waals surface area contributed by atoms with Gasteiger partial charge < -0.3 is 24.8 Å². The number of hydrogen-bond donors (Lipinski definition) is 3. The molecule has 2 aliphatic heterocycles. The Bertz CT molecular complexity index is 1300. The van der Waals surface area contributed by atoms with E-state index in [1.165, 1.54) is 12.1 Å². The fourth-order valence-corrected chi connectivity index (χ4v) is 4.34. The topological polar surface area (TPSA) is 113 Å². The Morgan fingerprint density at radius 2 is 1.73 bits per heavy atom. The number of phenols is 2. The van der Waals surface area contributed by atoms with E-state index in [4.69, 9.17) is 32.7 Å². The molecule has 0 saturated carbocycles. The second-order valence-electron chi connectivity index (χ2n) is 6.78. The second-order valence-corrected chi connectivity index (χ2v) is 7.57. The number of ether oxygens (including phenoxy) is 2. The zero-order valence-electron chi connectivity index (χ0n) is 14.8. The zero-order valence-corrected chi connectivity index (χ0v) is 16.3. The van der Waals surface area contributed by atoms with Crippen molar-refractivity contribution < 1.29 is 34.4 Å². The van der Waals surface area contributed by atoms with Crippen LogP contribution >= 0.6 is 23.2 Å². The van der Waals surface area contributed by atoms with Crippen molar-refractivity contribution in [3.8, 4) is 23.0 Å². The molecule has 0 fully saturated rings. The van der Waals surface area contributed by atoms with E-state index in [-0.39, 0.29) is 49.5 Å². The van der Waals surface area contributed by atoms with Gasteiger partial charge >= 0.3 is 11.9 Å². The number of carbonyl (C=O) groups excluding carboxylic acids is 1. The van der Waals surface area contributed by atoms with Crippen LogP contribution in [0, 0.1) is 0 Å². The van der Waals surface area contributed by atoms with E-state index in [1.807, 2.05) is 0 Å². The molecule has 3 aromatic carbocycles. The van der Waals surface area contributed by atoms with Crippen molar-refractivity contribution in [2.24, 2.45) is 0 Å². The predicted molar refractivity (Wildman–Crippen MR) is 105 cm³/mol. The van der Waals surface area contributed by atoms with Crippen LogP contribution < -0.4 is 4.74 Å². The number of carboxylic acid groups (broad SMARTS) is 1. The molecule has 2 heterocycles. The lowest BCUT2D eigenvalue weighted by molar-refractivity contribution is 0.0215. The number of aromatic carboxylic acids is 1. The summed E-state index contributed by atoms with van der Waals surface area (Å²) in [5, 5.41) is 29.8. The van der Waals surface area contributed by atoms with Crippen molar-refractivity contribution >= 4 is 35.1 Å². The van der Waals surface area contributed by atoms with Crippen LogP contribution in [0.25, 0.3) is 0 Å². The molecule has 0 aliphatic carbocycles. The molecule has 1 atom stereocenters. The molecule has 3 N–H and O–H groups in total. The van der Waals surface area contributed by atoms with Gasteiger partial charge in [-0.15, -0.1) is 0 Å². The molecule has 0 bridgehead atoms. The highest BCUT2D eigenvalue weighted by Gasteiger charge is 2.56. The van der Waals surface area contributed by atoms with E-state index >= 15 is 0 Å². The number of rotatable bonds is 1. The summed E-state index contributed by atoms with van der Waals surface area (Å²) in [6.07, 6.45) is 0. The first-order chi connectivity index (χ1) is 14.3. The maximum atomic E-state index is 12.8. The van der Waals surface area contributed by atoms with Gasteiger partial charge in [-0.3, -0.25) is 0 Å². The van der Waals surface area contributed by atoms with Gasteiger partial charge in [0.15, 0.2) is 11.4 Å². The number of halogens is 2. The van der Waals surface area contributed by atoms with E-state index in [2.05, 4.69) is 0 Å². The number of esters is 1. The smallest absolute Gasteiger partial charge is 0.340 e. The van der Waals surface area contributed by atoms with Crippen LogP contribution in [0.15, 0.2) is 42.5 Å². The minimum Gasteiger partial charge on any atom is -0.506 e. The molecule has 0 aromatic heterocycles. The van der Waals surface area contributed by atoms with E-state index in [9.17, 15) is 24.9 Å². The summed E-state index contributed by atoms with van der Waals surface area (Å²) in [6, 6.07) is 10.00. The molecule has 1 unspecified atom stereocenters. The molecule has 3 aromatic rings. The van der Waals surface area contributed by atoms with Gasteiger partial charge in [0.2, 0.25) is 0 Å². The Morgan fingerprint density at radius 3 is 2.47 bits per heavy atom. The number of benzene rings is 3. The fraction of sp³-hybridized carbons (Fsp3) is 0.0476. The summed E-state index contributed by atoms with van der Waals surface area (Å²) in [6.45, 7) is 0. The number of fused-ring (bicyclic) bond motifs is 6. The van der Waals surface area contributed by atoms with Crippen molar-refractivity contribution in [2.75, 3.05) is 0 Å². The summed E-state index contributed by atoms with van der Waals surface area (Å²) < 4.78 is 11.6. The SMILES string of the molecule is O=C1OC2(c3cc(Cl)c(O)cc3Oc3c(Cl)c(O)cc(C(=O)O)c32)c2ccccc21. The number of carbonyl (C=O) groups is 2. The Kier molecular flexibility index (Phi) is 3.75. The van der Waals surface area contributed by atoms with Crippen molar-refractivity contribution in [2.45, 2.75) is 5.60 Å². The first-order valence-corrected chi connectivity index (χ1v) is 9.34. The van der Waals surface area contributed by atoms with Crippen molar-refractivity contribution in [1.82, 2.24) is 0 Å². The molecule has 30 heavy (non-hydrogen) atoms. The molecule has 9 heteroatoms. The summed E-state index contributed by atoms with van der Waals surface area (Å²) >= 11 is 12.4. The minimum atomic E-state index is -1.76. The van der Waals surface area contributed by atoms with Gasteiger partial charge in [0.05, 0.1) is 21.7 Å². The third kappa shape index (κ3) is 2.21. The highest BCUT2D eigenvalue weighted by molar-refractivity contribution is 6.34.